The molecule has 0 saturated heterocycles. The average molecular weight is 729 g/mol. The fraction of sp³-hybridized carbons (Fsp3) is 0.118. The second-order valence-electron chi connectivity index (χ2n) is 10.5. The van der Waals surface area contributed by atoms with E-state index in [9.17, 15) is 14.9 Å². The zero-order valence-electron chi connectivity index (χ0n) is 23.1. The van der Waals surface area contributed by atoms with E-state index in [2.05, 4.69) is 44.0 Å². The number of nitro groups is 1. The molecule has 1 atom stereocenters. The Bertz CT molecular complexity index is 2170. The Morgan fingerprint density at radius 3 is 2.61 bits per heavy atom. The summed E-state index contributed by atoms with van der Waals surface area (Å²) in [5.74, 6) is 0.617. The van der Waals surface area contributed by atoms with Gasteiger partial charge in [-0.2, -0.15) is 0 Å². The van der Waals surface area contributed by atoms with Crippen molar-refractivity contribution >= 4 is 60.7 Å². The van der Waals surface area contributed by atoms with Crippen LogP contribution in [0.25, 0.3) is 11.8 Å². The average Bonchev–Trinajstić information content (AvgIpc) is 3.34. The molecule has 0 amide bonds. The van der Waals surface area contributed by atoms with E-state index in [1.807, 2.05) is 66.7 Å². The van der Waals surface area contributed by atoms with Crippen molar-refractivity contribution in [2.24, 2.45) is 4.99 Å². The van der Waals surface area contributed by atoms with Crippen molar-refractivity contribution in [3.8, 4) is 5.75 Å². The predicted octanol–water partition coefficient (Wildman–Crippen LogP) is 7.33. The number of ether oxygens (including phenoxy) is 1. The van der Waals surface area contributed by atoms with E-state index in [-0.39, 0.29) is 11.2 Å². The molecule has 44 heavy (non-hydrogen) atoms. The Kier molecular flexibility index (Phi) is 7.65. The summed E-state index contributed by atoms with van der Waals surface area (Å²) < 4.78 is 10.0. The smallest absolute Gasteiger partial charge is 0.271 e. The minimum absolute atomic E-state index is 0.0146. The van der Waals surface area contributed by atoms with Gasteiger partial charge in [-0.25, -0.2) is 4.99 Å². The number of nitrogens with zero attached hydrogens (tertiary/aromatic N) is 3. The molecule has 2 aliphatic rings. The first-order valence-electron chi connectivity index (χ1n) is 13.9. The van der Waals surface area contributed by atoms with Gasteiger partial charge in [0.15, 0.2) is 4.80 Å². The van der Waals surface area contributed by atoms with E-state index in [0.717, 1.165) is 43.3 Å². The van der Waals surface area contributed by atoms with Crippen molar-refractivity contribution in [1.82, 2.24) is 4.57 Å². The fourth-order valence-corrected chi connectivity index (χ4v) is 8.21. The van der Waals surface area contributed by atoms with Gasteiger partial charge in [-0.1, -0.05) is 94.0 Å². The van der Waals surface area contributed by atoms with Crippen molar-refractivity contribution in [2.75, 3.05) is 0 Å². The van der Waals surface area contributed by atoms with Gasteiger partial charge in [0.05, 0.1) is 25.7 Å². The maximum atomic E-state index is 14.3. The second-order valence-corrected chi connectivity index (χ2v) is 13.3. The Morgan fingerprint density at radius 2 is 1.80 bits per heavy atom. The third-order valence-corrected chi connectivity index (χ3v) is 9.85. The molecule has 0 unspecified atom stereocenters. The van der Waals surface area contributed by atoms with Gasteiger partial charge in [-0.15, -0.1) is 0 Å². The largest absolute Gasteiger partial charge is 0.487 e. The van der Waals surface area contributed by atoms with Crippen molar-refractivity contribution in [3.63, 3.8) is 0 Å². The van der Waals surface area contributed by atoms with Crippen LogP contribution in [0.4, 0.5) is 5.69 Å². The van der Waals surface area contributed by atoms with Crippen LogP contribution >= 0.6 is 43.2 Å². The molecule has 0 saturated carbocycles. The van der Waals surface area contributed by atoms with Crippen LogP contribution in [-0.2, 0) is 13.0 Å². The number of halogens is 2. The number of hydrogen-bond acceptors (Lipinski definition) is 6. The van der Waals surface area contributed by atoms with Gasteiger partial charge < -0.3 is 4.74 Å². The highest BCUT2D eigenvalue weighted by atomic mass is 79.9. The molecular formula is C34H23Br2N3O4S. The molecule has 1 aromatic heterocycles. The molecular weight excluding hydrogens is 706 g/mol. The van der Waals surface area contributed by atoms with Crippen molar-refractivity contribution < 1.29 is 9.66 Å². The Balaban J connectivity index is 1.41. The maximum absolute atomic E-state index is 14.3. The number of fused-ring (bicyclic) bond motifs is 3. The van der Waals surface area contributed by atoms with Crippen molar-refractivity contribution in [2.45, 2.75) is 25.5 Å². The molecule has 1 aliphatic heterocycles. The zero-order valence-corrected chi connectivity index (χ0v) is 27.1. The van der Waals surface area contributed by atoms with E-state index < -0.39 is 11.0 Å². The number of aromatic nitrogens is 1. The van der Waals surface area contributed by atoms with Gasteiger partial charge in [0.2, 0.25) is 0 Å². The van der Waals surface area contributed by atoms with Crippen LogP contribution in [0.5, 0.6) is 5.75 Å². The van der Waals surface area contributed by atoms with E-state index in [1.165, 1.54) is 23.0 Å². The van der Waals surface area contributed by atoms with E-state index >= 15 is 0 Å². The first-order chi connectivity index (χ1) is 21.4. The number of nitro benzene ring substituents is 1. The third-order valence-electron chi connectivity index (χ3n) is 7.82. The van der Waals surface area contributed by atoms with Gasteiger partial charge in [0.1, 0.15) is 12.4 Å². The molecule has 5 aromatic rings. The number of allylic oxidation sites excluding steroid dienone is 1. The summed E-state index contributed by atoms with van der Waals surface area (Å²) in [6, 6.07) is 27.9. The lowest BCUT2D eigenvalue weighted by molar-refractivity contribution is -0.384. The molecule has 7 nitrogen and oxygen atoms in total. The highest BCUT2D eigenvalue weighted by molar-refractivity contribution is 9.11. The molecule has 0 bridgehead atoms. The first-order valence-corrected chi connectivity index (χ1v) is 16.3. The van der Waals surface area contributed by atoms with Gasteiger partial charge in [0.25, 0.3) is 11.2 Å². The summed E-state index contributed by atoms with van der Waals surface area (Å²) in [5, 5.41) is 11.7. The monoisotopic (exact) mass is 727 g/mol. The standard InChI is InChI=1S/C34H23Br2N3O4S/c35-24-15-23(32(28(36)18-24)43-19-20-7-2-1-3-8-20)17-29-33(40)38-31(22-10-6-11-25(16-22)39(41)42)27-14-13-21-9-4-5-12-26(21)30(27)37-34(38)44-29/h1-12,15-18,31H,13-14,19H2/b29-17+/t31-/m0/s1. The molecule has 0 radical (unpaired) electrons. The summed E-state index contributed by atoms with van der Waals surface area (Å²) in [7, 11) is 0. The molecule has 0 fully saturated rings. The normalized spacial score (nSPS) is 15.7. The molecule has 1 aliphatic carbocycles. The Morgan fingerprint density at radius 1 is 1.00 bits per heavy atom. The lowest BCUT2D eigenvalue weighted by Crippen LogP contribution is -2.38. The van der Waals surface area contributed by atoms with Crippen molar-refractivity contribution in [3.05, 3.63) is 163 Å². The first kappa shape index (κ1) is 28.6. The topological polar surface area (TPSA) is 86.7 Å². The van der Waals surface area contributed by atoms with Crippen LogP contribution in [0.15, 0.2) is 115 Å². The van der Waals surface area contributed by atoms with Gasteiger partial charge in [0, 0.05) is 27.7 Å². The number of hydrogen-bond donors (Lipinski definition) is 0. The molecule has 0 spiro atoms. The maximum Gasteiger partial charge on any atom is 0.271 e. The summed E-state index contributed by atoms with van der Waals surface area (Å²) in [6.45, 7) is 0.363. The fourth-order valence-electron chi connectivity index (χ4n) is 5.84. The number of benzene rings is 4. The van der Waals surface area contributed by atoms with Gasteiger partial charge in [-0.3, -0.25) is 19.5 Å². The molecule has 4 aromatic carbocycles. The summed E-state index contributed by atoms with van der Waals surface area (Å²) in [6.07, 6.45) is 3.33. The van der Waals surface area contributed by atoms with E-state index in [0.29, 0.717) is 33.7 Å². The third kappa shape index (κ3) is 5.27. The summed E-state index contributed by atoms with van der Waals surface area (Å²) in [5.41, 5.74) is 6.28. The number of thiazole rings is 1. The molecule has 0 N–H and O–H groups in total. The predicted molar refractivity (Wildman–Crippen MR) is 178 cm³/mol. The number of aryl methyl sites for hydroxylation is 1. The van der Waals surface area contributed by atoms with E-state index in [1.54, 1.807) is 16.7 Å². The SMILES string of the molecule is O=c1/c(=C\c2cc(Br)cc(Br)c2OCc2ccccc2)sc2n1[C@@H](c1cccc([N+](=O)[O-])c1)C1=C(N=2)c2ccccc2CC1. The van der Waals surface area contributed by atoms with Crippen molar-refractivity contribution in [1.29, 1.82) is 0 Å². The lowest BCUT2D eigenvalue weighted by atomic mass is 9.83. The minimum Gasteiger partial charge on any atom is -0.487 e. The van der Waals surface area contributed by atoms with Gasteiger partial charge in [-0.05, 0) is 69.2 Å². The lowest BCUT2D eigenvalue weighted by Gasteiger charge is -2.30. The highest BCUT2D eigenvalue weighted by Gasteiger charge is 2.33. The minimum atomic E-state index is -0.514. The van der Waals surface area contributed by atoms with Crippen LogP contribution in [0.1, 0.15) is 40.3 Å². The molecule has 10 heteroatoms. The molecule has 7 rings (SSSR count). The molecule has 2 heterocycles. The van der Waals surface area contributed by atoms with Crippen LogP contribution in [-0.4, -0.2) is 9.49 Å². The summed E-state index contributed by atoms with van der Waals surface area (Å²) >= 11 is 8.53. The van der Waals surface area contributed by atoms with Crippen LogP contribution in [0, 0.1) is 10.1 Å². The Hall–Kier alpha value is -4.12. The second kappa shape index (κ2) is 11.8. The molecule has 218 valence electrons. The number of rotatable bonds is 6. The highest BCUT2D eigenvalue weighted by Crippen LogP contribution is 2.42. The quantitative estimate of drug-likeness (QED) is 0.135. The van der Waals surface area contributed by atoms with E-state index in [4.69, 9.17) is 9.73 Å². The van der Waals surface area contributed by atoms with Gasteiger partial charge >= 0.3 is 0 Å². The van der Waals surface area contributed by atoms with Crippen LogP contribution in [0.3, 0.4) is 0 Å². The zero-order chi connectivity index (χ0) is 30.4. The summed E-state index contributed by atoms with van der Waals surface area (Å²) in [4.78, 5) is 31.2. The number of non-ortho nitro benzene ring substituents is 1. The van der Waals surface area contributed by atoms with Crippen LogP contribution < -0.4 is 19.6 Å². The van der Waals surface area contributed by atoms with Crippen LogP contribution in [0.2, 0.25) is 0 Å². The Labute approximate surface area is 272 Å².